The predicted molar refractivity (Wildman–Crippen MR) is 183 cm³/mol. The highest BCUT2D eigenvalue weighted by atomic mass is 14.3. The van der Waals surface area contributed by atoms with Crippen molar-refractivity contribution in [1.29, 1.82) is 0 Å². The molecule has 0 radical (unpaired) electrons. The highest BCUT2D eigenvalue weighted by molar-refractivity contribution is 6.16. The maximum atomic E-state index is 2.53. The second-order valence-electron chi connectivity index (χ2n) is 13.2. The first-order valence-corrected chi connectivity index (χ1v) is 15.1. The Bertz CT molecular complexity index is 2110. The van der Waals surface area contributed by atoms with Gasteiger partial charge in [0.15, 0.2) is 0 Å². The minimum Gasteiger partial charge on any atom is -0.0646 e. The number of hydrogen-bond donors (Lipinski definition) is 0. The van der Waals surface area contributed by atoms with E-state index in [1.165, 1.54) is 82.0 Å². The van der Waals surface area contributed by atoms with Gasteiger partial charge in [0.25, 0.3) is 0 Å². The number of fused-ring (bicyclic) bond motifs is 5. The predicted octanol–water partition coefficient (Wildman–Crippen LogP) is 12.0. The molecule has 0 N–H and O–H groups in total. The maximum absolute atomic E-state index is 2.53. The van der Waals surface area contributed by atoms with Crippen LogP contribution in [-0.2, 0) is 6.42 Å². The van der Waals surface area contributed by atoms with Crippen LogP contribution in [0, 0.1) is 5.41 Å². The average molecular weight is 539 g/mol. The van der Waals surface area contributed by atoms with Gasteiger partial charge in [-0.1, -0.05) is 142 Å². The number of benzene rings is 7. The van der Waals surface area contributed by atoms with Crippen molar-refractivity contribution in [3.05, 3.63) is 138 Å². The van der Waals surface area contributed by atoms with E-state index in [0.717, 1.165) is 12.8 Å². The molecule has 0 spiro atoms. The van der Waals surface area contributed by atoms with Crippen LogP contribution in [-0.4, -0.2) is 0 Å². The molecular formula is C42H34. The van der Waals surface area contributed by atoms with Gasteiger partial charge in [-0.2, -0.15) is 0 Å². The molecule has 1 aliphatic carbocycles. The summed E-state index contributed by atoms with van der Waals surface area (Å²) < 4.78 is 0. The number of allylic oxidation sites excluding steroid dienone is 1. The van der Waals surface area contributed by atoms with Crippen LogP contribution in [0.3, 0.4) is 0 Å². The monoisotopic (exact) mass is 538 g/mol. The lowest BCUT2D eigenvalue weighted by Crippen LogP contribution is -2.06. The van der Waals surface area contributed by atoms with Gasteiger partial charge < -0.3 is 0 Å². The maximum Gasteiger partial charge on any atom is -0.00207 e. The molecule has 202 valence electrons. The van der Waals surface area contributed by atoms with Gasteiger partial charge >= 0.3 is 0 Å². The van der Waals surface area contributed by atoms with E-state index in [2.05, 4.69) is 148 Å². The standard InChI is InChI=1S/C42H34/c1-42(2,3)26-27-22-38-36(40-32-16-8-4-12-28(32)24-29-13-5-9-17-33(29)40)20-21-37(39(38)23-27)41-34-18-10-6-14-30(34)25-31-15-7-11-19-35(31)41/h4-22,24-25H,23,26H2,1-3H3. The van der Waals surface area contributed by atoms with Crippen LogP contribution in [0.25, 0.3) is 71.4 Å². The van der Waals surface area contributed by atoms with E-state index in [-0.39, 0.29) is 5.41 Å². The van der Waals surface area contributed by atoms with Gasteiger partial charge in [-0.3, -0.25) is 0 Å². The van der Waals surface area contributed by atoms with Crippen molar-refractivity contribution in [3.8, 4) is 22.3 Å². The Balaban J connectivity index is 1.48. The fourth-order valence-electron chi connectivity index (χ4n) is 7.36. The third kappa shape index (κ3) is 4.05. The normalized spacial score (nSPS) is 13.3. The first-order chi connectivity index (χ1) is 20.4. The molecule has 0 aromatic heterocycles. The highest BCUT2D eigenvalue weighted by Gasteiger charge is 2.26. The van der Waals surface area contributed by atoms with Gasteiger partial charge in [-0.25, -0.2) is 0 Å². The summed E-state index contributed by atoms with van der Waals surface area (Å²) in [5.41, 5.74) is 10.0. The summed E-state index contributed by atoms with van der Waals surface area (Å²) >= 11 is 0. The summed E-state index contributed by atoms with van der Waals surface area (Å²) in [5.74, 6) is 0. The van der Waals surface area contributed by atoms with E-state index in [1.54, 1.807) is 0 Å². The zero-order valence-electron chi connectivity index (χ0n) is 24.5. The summed E-state index contributed by atoms with van der Waals surface area (Å²) in [6.07, 6.45) is 4.62. The first-order valence-electron chi connectivity index (χ1n) is 15.1. The molecule has 0 nitrogen and oxygen atoms in total. The van der Waals surface area contributed by atoms with Crippen molar-refractivity contribution in [2.75, 3.05) is 0 Å². The molecule has 1 aliphatic rings. The van der Waals surface area contributed by atoms with E-state index in [4.69, 9.17) is 0 Å². The SMILES string of the molecule is CC(C)(C)CC1=Cc2c(-c3c4ccccc4cc4ccccc34)ccc(-c3c4ccccc4cc4ccccc34)c2C1. The lowest BCUT2D eigenvalue weighted by molar-refractivity contribution is 0.408. The van der Waals surface area contributed by atoms with Crippen molar-refractivity contribution in [2.45, 2.75) is 33.6 Å². The fourth-order valence-corrected chi connectivity index (χ4v) is 7.36. The van der Waals surface area contributed by atoms with Crippen molar-refractivity contribution < 1.29 is 0 Å². The Hall–Kier alpha value is -4.68. The summed E-state index contributed by atoms with van der Waals surface area (Å²) in [6, 6.07) is 45.1. The highest BCUT2D eigenvalue weighted by Crippen LogP contribution is 2.48. The molecule has 0 atom stereocenters. The van der Waals surface area contributed by atoms with E-state index < -0.39 is 0 Å². The minimum absolute atomic E-state index is 0.229. The van der Waals surface area contributed by atoms with Crippen LogP contribution in [0.4, 0.5) is 0 Å². The van der Waals surface area contributed by atoms with E-state index in [1.807, 2.05) is 0 Å². The van der Waals surface area contributed by atoms with Crippen molar-refractivity contribution in [1.82, 2.24) is 0 Å². The van der Waals surface area contributed by atoms with Gasteiger partial charge in [0, 0.05) is 0 Å². The Labute approximate surface area is 247 Å². The van der Waals surface area contributed by atoms with Crippen molar-refractivity contribution >= 4 is 49.2 Å². The largest absolute Gasteiger partial charge is 0.0646 e. The third-order valence-electron chi connectivity index (χ3n) is 8.95. The molecule has 0 heteroatoms. The van der Waals surface area contributed by atoms with Crippen molar-refractivity contribution in [2.24, 2.45) is 5.41 Å². The third-order valence-corrected chi connectivity index (χ3v) is 8.95. The second kappa shape index (κ2) is 9.43. The van der Waals surface area contributed by atoms with Crippen LogP contribution in [0.5, 0.6) is 0 Å². The molecule has 42 heavy (non-hydrogen) atoms. The number of hydrogen-bond acceptors (Lipinski definition) is 0. The Morgan fingerprint density at radius 2 is 0.905 bits per heavy atom. The zero-order valence-corrected chi connectivity index (χ0v) is 24.5. The Morgan fingerprint density at radius 1 is 0.500 bits per heavy atom. The summed E-state index contributed by atoms with van der Waals surface area (Å²) in [4.78, 5) is 0. The molecule has 8 rings (SSSR count). The molecule has 7 aromatic rings. The van der Waals surface area contributed by atoms with Gasteiger partial charge in [0.05, 0.1) is 0 Å². The summed E-state index contributed by atoms with van der Waals surface area (Å²) in [7, 11) is 0. The summed E-state index contributed by atoms with van der Waals surface area (Å²) in [5, 5.41) is 10.5. The van der Waals surface area contributed by atoms with Gasteiger partial charge in [0.1, 0.15) is 0 Å². The molecule has 7 aromatic carbocycles. The van der Waals surface area contributed by atoms with Crippen molar-refractivity contribution in [3.63, 3.8) is 0 Å². The average Bonchev–Trinajstić information content (AvgIpc) is 3.41. The molecule has 0 fully saturated rings. The first kappa shape index (κ1) is 25.1. The minimum atomic E-state index is 0.229. The molecule has 0 saturated carbocycles. The topological polar surface area (TPSA) is 0 Å². The smallest absolute Gasteiger partial charge is 0.00207 e. The van der Waals surface area contributed by atoms with Crippen LogP contribution >= 0.6 is 0 Å². The molecule has 0 aliphatic heterocycles. The van der Waals surface area contributed by atoms with Crippen LogP contribution in [0.15, 0.2) is 127 Å². The van der Waals surface area contributed by atoms with Gasteiger partial charge in [-0.15, -0.1) is 0 Å². The second-order valence-corrected chi connectivity index (χ2v) is 13.2. The molecule has 0 unspecified atom stereocenters. The molecule has 0 saturated heterocycles. The van der Waals surface area contributed by atoms with Gasteiger partial charge in [-0.05, 0) is 107 Å². The number of rotatable bonds is 3. The molecular weight excluding hydrogens is 504 g/mol. The fraction of sp³-hybridized carbons (Fsp3) is 0.143. The quantitative estimate of drug-likeness (QED) is 0.196. The summed E-state index contributed by atoms with van der Waals surface area (Å²) in [6.45, 7) is 7.07. The molecule has 0 amide bonds. The Morgan fingerprint density at radius 3 is 1.36 bits per heavy atom. The molecule has 0 heterocycles. The van der Waals surface area contributed by atoms with E-state index in [0.29, 0.717) is 0 Å². The van der Waals surface area contributed by atoms with Gasteiger partial charge in [0.2, 0.25) is 0 Å². The molecule has 0 bridgehead atoms. The van der Waals surface area contributed by atoms with E-state index in [9.17, 15) is 0 Å². The van der Waals surface area contributed by atoms with Crippen LogP contribution < -0.4 is 0 Å². The Kier molecular flexibility index (Phi) is 5.63. The van der Waals surface area contributed by atoms with Crippen LogP contribution in [0.2, 0.25) is 0 Å². The lowest BCUT2D eigenvalue weighted by Gasteiger charge is -2.20. The van der Waals surface area contributed by atoms with Crippen LogP contribution in [0.1, 0.15) is 38.3 Å². The lowest BCUT2D eigenvalue weighted by atomic mass is 9.83. The zero-order chi connectivity index (χ0) is 28.4. The van der Waals surface area contributed by atoms with E-state index >= 15 is 0 Å².